The van der Waals surface area contributed by atoms with Gasteiger partial charge in [-0.1, -0.05) is 18.7 Å². The molecule has 10 nitrogen and oxygen atoms in total. The Kier molecular flexibility index (Phi) is 6.76. The van der Waals surface area contributed by atoms with Gasteiger partial charge in [0.15, 0.2) is 4.34 Å². The molecule has 184 valence electrons. The number of aromatic nitrogens is 1. The molecule has 4 rings (SSSR count). The van der Waals surface area contributed by atoms with E-state index in [2.05, 4.69) is 0 Å². The van der Waals surface area contributed by atoms with E-state index in [0.717, 1.165) is 5.69 Å². The van der Waals surface area contributed by atoms with Crippen LogP contribution in [0, 0.1) is 17.2 Å². The van der Waals surface area contributed by atoms with Gasteiger partial charge in [0.05, 0.1) is 35.6 Å². The summed E-state index contributed by atoms with van der Waals surface area (Å²) in [6.45, 7) is 7.32. The molecule has 2 fully saturated rings. The number of β-lactam (4-membered cyclic amide) rings is 1. The zero-order valence-corrected chi connectivity index (χ0v) is 21.0. The van der Waals surface area contributed by atoms with Crippen LogP contribution in [-0.4, -0.2) is 80.0 Å². The number of aliphatic hydroxyl groups excluding tert-OH is 1. The molecule has 0 spiro atoms. The van der Waals surface area contributed by atoms with Crippen molar-refractivity contribution in [2.75, 3.05) is 13.2 Å². The fourth-order valence-corrected chi connectivity index (χ4v) is 7.35. The van der Waals surface area contributed by atoms with Crippen LogP contribution in [0.1, 0.15) is 45.7 Å². The molecule has 0 saturated carbocycles. The number of fused-ring (bicyclic) bond motifs is 1. The van der Waals surface area contributed by atoms with Crippen LogP contribution in [0.4, 0.5) is 0 Å². The van der Waals surface area contributed by atoms with Crippen LogP contribution in [0.5, 0.6) is 0 Å². The van der Waals surface area contributed by atoms with E-state index < -0.39 is 18.0 Å². The molecule has 3 N–H and O–H groups in total. The van der Waals surface area contributed by atoms with E-state index in [1.807, 2.05) is 17.2 Å². The summed E-state index contributed by atoms with van der Waals surface area (Å²) in [5.74, 6) is -2.23. The Morgan fingerprint density at radius 3 is 2.71 bits per heavy atom. The molecule has 0 bridgehead atoms. The Morgan fingerprint density at radius 1 is 1.41 bits per heavy atom. The molecule has 34 heavy (non-hydrogen) atoms. The van der Waals surface area contributed by atoms with Crippen LogP contribution in [0.25, 0.3) is 0 Å². The van der Waals surface area contributed by atoms with Gasteiger partial charge in [-0.15, -0.1) is 11.3 Å². The van der Waals surface area contributed by atoms with Gasteiger partial charge in [-0.3, -0.25) is 15.0 Å². The number of ether oxygens (including phenoxy) is 1. The summed E-state index contributed by atoms with van der Waals surface area (Å²) in [7, 11) is 0. The summed E-state index contributed by atoms with van der Waals surface area (Å²) in [6.07, 6.45) is -0.151. The number of amidine groups is 1. The number of carbonyl (C=O) groups is 3. The Labute approximate surface area is 205 Å². The first-order valence-corrected chi connectivity index (χ1v) is 12.8. The van der Waals surface area contributed by atoms with Crippen molar-refractivity contribution in [2.45, 2.75) is 62.6 Å². The second-order valence-corrected chi connectivity index (χ2v) is 11.2. The normalized spacial score (nSPS) is 29.2. The average Bonchev–Trinajstić information content (AvgIpc) is 3.43. The molecule has 6 atom stereocenters. The molecular formula is C22H28N4O6S2. The van der Waals surface area contributed by atoms with Crippen LogP contribution in [-0.2, 0) is 19.1 Å². The van der Waals surface area contributed by atoms with Gasteiger partial charge in [0.2, 0.25) is 5.91 Å². The lowest BCUT2D eigenvalue weighted by Crippen LogP contribution is -2.63. The summed E-state index contributed by atoms with van der Waals surface area (Å²) in [4.78, 5) is 44.3. The highest BCUT2D eigenvalue weighted by molar-refractivity contribution is 8.04. The van der Waals surface area contributed by atoms with Crippen molar-refractivity contribution in [3.8, 4) is 0 Å². The molecule has 0 radical (unpaired) electrons. The minimum Gasteiger partial charge on any atom is -0.477 e. The monoisotopic (exact) mass is 508 g/mol. The molecule has 3 aliphatic rings. The number of aliphatic carboxylic acids is 1. The lowest BCUT2D eigenvalue weighted by molar-refractivity contribution is -0.163. The lowest BCUT2D eigenvalue weighted by Gasteiger charge is -2.46. The number of esters is 1. The summed E-state index contributed by atoms with van der Waals surface area (Å²) < 4.78 is 5.86. The van der Waals surface area contributed by atoms with Crippen molar-refractivity contribution in [1.82, 2.24) is 14.8 Å². The average molecular weight is 509 g/mol. The number of hydrogen-bond donors (Lipinski definition) is 3. The number of likely N-dealkylation sites (tertiary alicyclic amines) is 1. The third-order valence-corrected chi connectivity index (χ3v) is 8.99. The molecule has 1 aromatic rings. The minimum absolute atomic E-state index is 0.0194. The summed E-state index contributed by atoms with van der Waals surface area (Å²) in [5, 5.41) is 29.8. The third-order valence-electron chi connectivity index (χ3n) is 6.75. The van der Waals surface area contributed by atoms with Gasteiger partial charge < -0.3 is 24.7 Å². The lowest BCUT2D eigenvalue weighted by atomic mass is 9.79. The predicted molar refractivity (Wildman–Crippen MR) is 125 cm³/mol. The van der Waals surface area contributed by atoms with Crippen molar-refractivity contribution < 1.29 is 29.3 Å². The van der Waals surface area contributed by atoms with Gasteiger partial charge >= 0.3 is 11.9 Å². The van der Waals surface area contributed by atoms with Gasteiger partial charge in [0.1, 0.15) is 12.3 Å². The third kappa shape index (κ3) is 4.22. The minimum atomic E-state index is -1.16. The van der Waals surface area contributed by atoms with Gasteiger partial charge in [-0.2, -0.15) is 0 Å². The fourth-order valence-electron chi connectivity index (χ4n) is 5.17. The van der Waals surface area contributed by atoms with E-state index in [0.29, 0.717) is 28.0 Å². The molecule has 0 aromatic carbocycles. The second kappa shape index (κ2) is 9.31. The number of hydrogen-bond acceptors (Lipinski definition) is 9. The summed E-state index contributed by atoms with van der Waals surface area (Å²) >= 11 is 2.68. The van der Waals surface area contributed by atoms with Crippen molar-refractivity contribution in [3.05, 3.63) is 21.7 Å². The zero-order valence-electron chi connectivity index (χ0n) is 19.3. The molecular weight excluding hydrogens is 480 g/mol. The van der Waals surface area contributed by atoms with E-state index in [4.69, 9.17) is 15.1 Å². The number of rotatable bonds is 7. The number of thioether (sulfide) groups is 1. The highest BCUT2D eigenvalue weighted by atomic mass is 32.2. The van der Waals surface area contributed by atoms with E-state index in [9.17, 15) is 24.6 Å². The highest BCUT2D eigenvalue weighted by Crippen LogP contribution is 2.52. The zero-order chi connectivity index (χ0) is 24.9. The number of nitrogens with zero attached hydrogens (tertiary/aromatic N) is 3. The highest BCUT2D eigenvalue weighted by Gasteiger charge is 2.60. The molecule has 1 amide bonds. The van der Waals surface area contributed by atoms with Crippen LogP contribution < -0.4 is 0 Å². The predicted octanol–water partition coefficient (Wildman–Crippen LogP) is 2.11. The van der Waals surface area contributed by atoms with Crippen molar-refractivity contribution in [3.63, 3.8) is 0 Å². The van der Waals surface area contributed by atoms with Crippen LogP contribution in [0.3, 0.4) is 0 Å². The van der Waals surface area contributed by atoms with Gasteiger partial charge in [-0.25, -0.2) is 9.78 Å². The van der Waals surface area contributed by atoms with Gasteiger partial charge in [-0.05, 0) is 20.3 Å². The molecule has 0 aliphatic carbocycles. The number of thiazole rings is 1. The Balaban J connectivity index is 1.52. The molecule has 2 saturated heterocycles. The maximum atomic E-state index is 12.5. The quantitative estimate of drug-likeness (QED) is 0.218. The molecule has 1 aromatic heterocycles. The largest absolute Gasteiger partial charge is 0.477 e. The first-order chi connectivity index (χ1) is 16.0. The smallest absolute Gasteiger partial charge is 0.353 e. The van der Waals surface area contributed by atoms with Crippen molar-refractivity contribution in [2.24, 2.45) is 11.8 Å². The maximum Gasteiger partial charge on any atom is 0.353 e. The number of aliphatic hydroxyl groups is 1. The van der Waals surface area contributed by atoms with Crippen LogP contribution in [0.15, 0.2) is 20.3 Å². The van der Waals surface area contributed by atoms with Crippen molar-refractivity contribution >= 4 is 46.8 Å². The number of carboxylic acid groups (broad SMARTS) is 1. The van der Waals surface area contributed by atoms with Crippen LogP contribution in [0.2, 0.25) is 0 Å². The fraction of sp³-hybridized carbons (Fsp3) is 0.591. The van der Waals surface area contributed by atoms with Crippen LogP contribution >= 0.6 is 23.1 Å². The van der Waals surface area contributed by atoms with Crippen molar-refractivity contribution in [1.29, 1.82) is 5.41 Å². The second-order valence-electron chi connectivity index (χ2n) is 9.04. The summed E-state index contributed by atoms with van der Waals surface area (Å²) in [5.41, 5.74) is 0.836. The van der Waals surface area contributed by atoms with Gasteiger partial charge in [0, 0.05) is 35.6 Å². The topological polar surface area (TPSA) is 144 Å². The molecule has 3 aliphatic heterocycles. The Bertz CT molecular complexity index is 1070. The number of carboxylic acids is 1. The SMILES string of the molecule is CC(=N)N1C[C@H](c2csc(SC3=C(C(=O)O)N4C(=O)[C@H]([C@@H](C)O)[C@H]4[C@H]3C)n2)C[C@H]1COC(C)=O. The number of nitrogens with one attached hydrogen (secondary N) is 1. The first-order valence-electron chi connectivity index (χ1n) is 11.1. The van der Waals surface area contributed by atoms with E-state index in [-0.39, 0.29) is 48.1 Å². The molecule has 12 heteroatoms. The van der Waals surface area contributed by atoms with E-state index in [1.54, 1.807) is 13.8 Å². The Hall–Kier alpha value is -2.44. The first kappa shape index (κ1) is 24.7. The Morgan fingerprint density at radius 2 is 2.12 bits per heavy atom. The molecule has 4 heterocycles. The van der Waals surface area contributed by atoms with E-state index >= 15 is 0 Å². The number of carbonyl (C=O) groups excluding carboxylic acids is 2. The van der Waals surface area contributed by atoms with Gasteiger partial charge in [0.25, 0.3) is 0 Å². The number of amides is 1. The molecule has 0 unspecified atom stereocenters. The maximum absolute atomic E-state index is 12.5. The van der Waals surface area contributed by atoms with E-state index in [1.165, 1.54) is 34.9 Å². The summed E-state index contributed by atoms with van der Waals surface area (Å²) in [6, 6.07) is -0.450. The standard InChI is InChI=1S/C22H28N4O6S2/c1-9-17-16(10(2)27)20(29)26(17)18(21(30)31)19(9)34-22-24-15(8-33-22)13-5-14(7-32-12(4)28)25(6-13)11(3)23/h8-10,13-14,16-17,23,27H,5-7H2,1-4H3,(H,30,31)/t9-,10-,13-,14+,16-,17-/m1/s1.